The fraction of sp³-hybridized carbons (Fsp3) is 0.714. The van der Waals surface area contributed by atoms with Crippen LogP contribution in [0.15, 0.2) is 23.2 Å². The van der Waals surface area contributed by atoms with Crippen molar-refractivity contribution in [3.8, 4) is 0 Å². The number of aliphatic hydroxyl groups is 1. The number of carbonyl (C=O) groups is 1. The summed E-state index contributed by atoms with van der Waals surface area (Å²) >= 11 is 0. The molecule has 1 aromatic carbocycles. The van der Waals surface area contributed by atoms with Gasteiger partial charge in [0.2, 0.25) is 0 Å². The van der Waals surface area contributed by atoms with Crippen LogP contribution >= 0.6 is 0 Å². The maximum Gasteiger partial charge on any atom is 0.133 e. The third kappa shape index (κ3) is 9.68. The third-order valence-corrected chi connectivity index (χ3v) is 6.19. The Hall–Kier alpha value is -1.48. The van der Waals surface area contributed by atoms with Crippen LogP contribution in [0.25, 0.3) is 0 Å². The highest BCUT2D eigenvalue weighted by atomic mass is 16.3. The molecule has 31 heavy (non-hydrogen) atoms. The zero-order chi connectivity index (χ0) is 24.0. The molecular weight excluding hydrogens is 382 g/mol. The summed E-state index contributed by atoms with van der Waals surface area (Å²) in [5, 5.41) is 9.90. The number of Topliss-reactive ketones (excluding diaryl/α,β-unsaturated/α-hetero) is 1. The van der Waals surface area contributed by atoms with E-state index in [4.69, 9.17) is 0 Å². The first kappa shape index (κ1) is 27.6. The summed E-state index contributed by atoms with van der Waals surface area (Å²) < 4.78 is 0. The van der Waals surface area contributed by atoms with Crippen molar-refractivity contribution in [2.45, 2.75) is 113 Å². The van der Waals surface area contributed by atoms with Gasteiger partial charge in [-0.15, -0.1) is 0 Å². The van der Waals surface area contributed by atoms with Crippen LogP contribution in [0, 0.1) is 23.7 Å². The number of hydrogen-bond donors (Lipinski definition) is 1. The lowest BCUT2D eigenvalue weighted by atomic mass is 9.46. The Morgan fingerprint density at radius 1 is 1.10 bits per heavy atom. The second-order valence-electron chi connectivity index (χ2n) is 11.7. The molecule has 176 valence electrons. The van der Waals surface area contributed by atoms with Crippen molar-refractivity contribution in [2.75, 3.05) is 0 Å². The lowest BCUT2D eigenvalue weighted by molar-refractivity contribution is -0.120. The molecule has 0 amide bonds. The minimum absolute atomic E-state index is 0.174. The fourth-order valence-corrected chi connectivity index (χ4v) is 4.07. The Bertz CT molecular complexity index is 745. The quantitative estimate of drug-likeness (QED) is 0.483. The molecule has 4 rings (SSSR count). The van der Waals surface area contributed by atoms with Crippen LogP contribution in [-0.2, 0) is 10.4 Å². The van der Waals surface area contributed by atoms with E-state index in [-0.39, 0.29) is 5.41 Å². The molecule has 0 unspecified atom stereocenters. The van der Waals surface area contributed by atoms with Crippen molar-refractivity contribution in [1.29, 1.82) is 0 Å². The van der Waals surface area contributed by atoms with E-state index in [2.05, 4.69) is 39.6 Å². The molecule has 2 bridgehead atoms. The van der Waals surface area contributed by atoms with Gasteiger partial charge in [-0.3, -0.25) is 9.79 Å². The second kappa shape index (κ2) is 10.9. The van der Waals surface area contributed by atoms with Crippen LogP contribution < -0.4 is 0 Å². The number of aliphatic imine (C=N–C) groups is 1. The standard InChI is InChI=1S/C14H21NO.C8H16O.C6H10/c1-6-11(3)15-13-8-7-12(9-10(13)2)14(4,5)16;1-5-7(9)6-8(2,3)4;1-6-2-5(3-6)4-6/h7-9,16H,6H2,1-5H3;5-6H2,1-4H3;5H,2-4H2,1H3. The molecule has 0 aliphatic heterocycles. The molecule has 1 N–H and O–H groups in total. The first-order valence-corrected chi connectivity index (χ1v) is 12.0. The Kier molecular flexibility index (Phi) is 9.69. The van der Waals surface area contributed by atoms with Crippen molar-refractivity contribution < 1.29 is 9.90 Å². The molecule has 0 saturated heterocycles. The Labute approximate surface area is 191 Å². The van der Waals surface area contributed by atoms with Crippen molar-refractivity contribution in [2.24, 2.45) is 21.7 Å². The van der Waals surface area contributed by atoms with Crippen molar-refractivity contribution in [3.05, 3.63) is 29.3 Å². The number of rotatable bonds is 5. The Balaban J connectivity index is 0.000000265. The maximum absolute atomic E-state index is 10.8. The highest BCUT2D eigenvalue weighted by molar-refractivity contribution is 5.84. The van der Waals surface area contributed by atoms with Gasteiger partial charge in [-0.2, -0.15) is 0 Å². The summed E-state index contributed by atoms with van der Waals surface area (Å²) in [6, 6.07) is 5.92. The molecular formula is C28H47NO2. The van der Waals surface area contributed by atoms with Crippen molar-refractivity contribution >= 4 is 17.2 Å². The molecule has 3 fully saturated rings. The lowest BCUT2D eigenvalue weighted by Crippen LogP contribution is -2.48. The third-order valence-electron chi connectivity index (χ3n) is 6.19. The van der Waals surface area contributed by atoms with Gasteiger partial charge in [-0.05, 0) is 87.3 Å². The van der Waals surface area contributed by atoms with Crippen molar-refractivity contribution in [3.63, 3.8) is 0 Å². The van der Waals surface area contributed by atoms with E-state index in [1.54, 1.807) is 33.1 Å². The van der Waals surface area contributed by atoms with Crippen LogP contribution in [-0.4, -0.2) is 16.6 Å². The highest BCUT2D eigenvalue weighted by Gasteiger charge is 2.52. The van der Waals surface area contributed by atoms with E-state index in [9.17, 15) is 9.90 Å². The molecule has 3 saturated carbocycles. The average Bonchev–Trinajstić information content (AvgIpc) is 2.59. The second-order valence-corrected chi connectivity index (χ2v) is 11.7. The molecule has 3 nitrogen and oxygen atoms in total. The van der Waals surface area contributed by atoms with Crippen LogP contribution in [0.4, 0.5) is 5.69 Å². The molecule has 1 aromatic rings. The fourth-order valence-electron chi connectivity index (χ4n) is 4.07. The molecule has 3 heteroatoms. The minimum atomic E-state index is -0.785. The summed E-state index contributed by atoms with van der Waals surface area (Å²) in [5.41, 5.74) is 4.40. The molecule has 0 aromatic heterocycles. The van der Waals surface area contributed by atoms with Gasteiger partial charge in [0.15, 0.2) is 0 Å². The molecule has 0 radical (unpaired) electrons. The average molecular weight is 430 g/mol. The number of carbonyl (C=O) groups excluding carboxylic acids is 1. The van der Waals surface area contributed by atoms with Gasteiger partial charge >= 0.3 is 0 Å². The van der Waals surface area contributed by atoms with Gasteiger partial charge in [-0.1, -0.05) is 53.7 Å². The number of nitrogens with zero attached hydrogens (tertiary/aromatic N) is 1. The van der Waals surface area contributed by atoms with Gasteiger partial charge in [0.1, 0.15) is 5.78 Å². The summed E-state index contributed by atoms with van der Waals surface area (Å²) in [5.74, 6) is 1.54. The van der Waals surface area contributed by atoms with Crippen LogP contribution in [0.1, 0.15) is 112 Å². The number of aryl methyl sites for hydroxylation is 1. The molecule has 0 heterocycles. The monoisotopic (exact) mass is 429 g/mol. The van der Waals surface area contributed by atoms with E-state index in [0.29, 0.717) is 18.6 Å². The Morgan fingerprint density at radius 3 is 1.87 bits per heavy atom. The zero-order valence-electron chi connectivity index (χ0n) is 21.9. The topological polar surface area (TPSA) is 49.7 Å². The lowest BCUT2D eigenvalue weighted by Gasteiger charge is -2.60. The molecule has 3 aliphatic rings. The normalized spacial score (nSPS) is 22.2. The SMILES string of the molecule is CC12CC(C1)C2.CCC(=O)CC(C)(C)C.CCC(C)=Nc1ccc(C(C)(C)O)cc1C. The largest absolute Gasteiger partial charge is 0.386 e. The Morgan fingerprint density at radius 2 is 1.61 bits per heavy atom. The predicted octanol–water partition coefficient (Wildman–Crippen LogP) is 7.93. The highest BCUT2D eigenvalue weighted by Crippen LogP contribution is 2.63. The molecule has 3 aliphatic carbocycles. The first-order chi connectivity index (χ1) is 14.1. The number of benzene rings is 1. The number of hydrogen-bond acceptors (Lipinski definition) is 3. The van der Waals surface area contributed by atoms with Gasteiger partial charge in [0, 0.05) is 18.6 Å². The van der Waals surface area contributed by atoms with Crippen LogP contribution in [0.2, 0.25) is 0 Å². The van der Waals surface area contributed by atoms with Crippen LogP contribution in [0.5, 0.6) is 0 Å². The van der Waals surface area contributed by atoms with Crippen LogP contribution in [0.3, 0.4) is 0 Å². The van der Waals surface area contributed by atoms with E-state index < -0.39 is 5.60 Å². The van der Waals surface area contributed by atoms with Gasteiger partial charge < -0.3 is 5.11 Å². The summed E-state index contributed by atoms with van der Waals surface area (Å²) in [6.07, 6.45) is 7.00. The summed E-state index contributed by atoms with van der Waals surface area (Å²) in [6.45, 7) is 20.3. The zero-order valence-corrected chi connectivity index (χ0v) is 21.9. The van der Waals surface area contributed by atoms with E-state index in [1.165, 1.54) is 5.92 Å². The van der Waals surface area contributed by atoms with E-state index in [0.717, 1.165) is 34.4 Å². The summed E-state index contributed by atoms with van der Waals surface area (Å²) in [4.78, 5) is 15.4. The van der Waals surface area contributed by atoms with Gasteiger partial charge in [-0.25, -0.2) is 0 Å². The summed E-state index contributed by atoms with van der Waals surface area (Å²) in [7, 11) is 0. The predicted molar refractivity (Wildman–Crippen MR) is 134 cm³/mol. The first-order valence-electron chi connectivity index (χ1n) is 12.0. The smallest absolute Gasteiger partial charge is 0.133 e. The van der Waals surface area contributed by atoms with Crippen molar-refractivity contribution in [1.82, 2.24) is 0 Å². The molecule has 0 atom stereocenters. The van der Waals surface area contributed by atoms with E-state index in [1.807, 2.05) is 39.0 Å². The van der Waals surface area contributed by atoms with Gasteiger partial charge in [0.05, 0.1) is 11.3 Å². The van der Waals surface area contributed by atoms with Gasteiger partial charge in [0.25, 0.3) is 0 Å². The minimum Gasteiger partial charge on any atom is -0.386 e. The maximum atomic E-state index is 10.8. The number of ketones is 1. The van der Waals surface area contributed by atoms with E-state index >= 15 is 0 Å². The molecule has 0 spiro atoms.